The summed E-state index contributed by atoms with van der Waals surface area (Å²) in [7, 11) is 0. The van der Waals surface area contributed by atoms with E-state index in [9.17, 15) is 0 Å². The molecule has 18 heavy (non-hydrogen) atoms. The molecule has 2 fully saturated rings. The largest absolute Gasteiger partial charge is 0.300 e. The SMILES string of the molecule is CC(C)(C)CCC1CCCN1CC1CCCCC1. The lowest BCUT2D eigenvalue weighted by molar-refractivity contribution is 0.169. The smallest absolute Gasteiger partial charge is 0.00960 e. The van der Waals surface area contributed by atoms with Crippen LogP contribution >= 0.6 is 0 Å². The van der Waals surface area contributed by atoms with Crippen LogP contribution in [-0.2, 0) is 0 Å². The molecule has 1 aliphatic carbocycles. The summed E-state index contributed by atoms with van der Waals surface area (Å²) in [6.45, 7) is 9.94. The molecule has 1 nitrogen and oxygen atoms in total. The second kappa shape index (κ2) is 6.41. The summed E-state index contributed by atoms with van der Waals surface area (Å²) < 4.78 is 0. The van der Waals surface area contributed by atoms with Gasteiger partial charge in [-0.05, 0) is 56.4 Å². The van der Waals surface area contributed by atoms with Gasteiger partial charge in [0, 0.05) is 12.6 Å². The molecule has 106 valence electrons. The van der Waals surface area contributed by atoms with Crippen molar-refractivity contribution in [2.45, 2.75) is 84.6 Å². The van der Waals surface area contributed by atoms with Gasteiger partial charge in [0.25, 0.3) is 0 Å². The Bertz CT molecular complexity index is 234. The van der Waals surface area contributed by atoms with Gasteiger partial charge in [-0.3, -0.25) is 0 Å². The number of hydrogen-bond acceptors (Lipinski definition) is 1. The Labute approximate surface area is 114 Å². The van der Waals surface area contributed by atoms with Crippen molar-refractivity contribution in [2.75, 3.05) is 13.1 Å². The molecule has 2 aliphatic rings. The van der Waals surface area contributed by atoms with Gasteiger partial charge < -0.3 is 4.90 Å². The van der Waals surface area contributed by atoms with Crippen molar-refractivity contribution in [3.05, 3.63) is 0 Å². The molecular formula is C17H33N. The predicted molar refractivity (Wildman–Crippen MR) is 79.9 cm³/mol. The quantitative estimate of drug-likeness (QED) is 0.690. The number of likely N-dealkylation sites (tertiary alicyclic amines) is 1. The molecule has 1 heterocycles. The van der Waals surface area contributed by atoms with Gasteiger partial charge in [-0.1, -0.05) is 40.0 Å². The Hall–Kier alpha value is -0.0400. The zero-order chi connectivity index (χ0) is 13.0. The van der Waals surface area contributed by atoms with Crippen LogP contribution in [0.3, 0.4) is 0 Å². The fourth-order valence-corrected chi connectivity index (χ4v) is 3.76. The van der Waals surface area contributed by atoms with Gasteiger partial charge in [-0.25, -0.2) is 0 Å². The molecule has 0 aromatic rings. The summed E-state index contributed by atoms with van der Waals surface area (Å²) in [4.78, 5) is 2.84. The molecule has 1 atom stereocenters. The zero-order valence-electron chi connectivity index (χ0n) is 12.9. The van der Waals surface area contributed by atoms with Gasteiger partial charge in [0.1, 0.15) is 0 Å². The highest BCUT2D eigenvalue weighted by Gasteiger charge is 2.28. The third kappa shape index (κ3) is 4.57. The van der Waals surface area contributed by atoms with Gasteiger partial charge in [0.05, 0.1) is 0 Å². The van der Waals surface area contributed by atoms with Crippen molar-refractivity contribution in [3.63, 3.8) is 0 Å². The molecular weight excluding hydrogens is 218 g/mol. The lowest BCUT2D eigenvalue weighted by Gasteiger charge is -2.32. The number of hydrogen-bond donors (Lipinski definition) is 0. The summed E-state index contributed by atoms with van der Waals surface area (Å²) >= 11 is 0. The molecule has 0 bridgehead atoms. The van der Waals surface area contributed by atoms with Crippen LogP contribution in [-0.4, -0.2) is 24.0 Å². The summed E-state index contributed by atoms with van der Waals surface area (Å²) in [5.74, 6) is 1.02. The second-order valence-electron chi connectivity index (χ2n) is 7.89. The van der Waals surface area contributed by atoms with E-state index in [1.807, 2.05) is 0 Å². The van der Waals surface area contributed by atoms with E-state index in [4.69, 9.17) is 0 Å². The monoisotopic (exact) mass is 251 g/mol. The maximum Gasteiger partial charge on any atom is 0.00960 e. The van der Waals surface area contributed by atoms with E-state index in [1.165, 1.54) is 70.9 Å². The molecule has 1 unspecified atom stereocenters. The first kappa shape index (κ1) is 14.4. The van der Waals surface area contributed by atoms with Gasteiger partial charge in [-0.2, -0.15) is 0 Å². The lowest BCUT2D eigenvalue weighted by Crippen LogP contribution is -2.35. The molecule has 0 aromatic carbocycles. The third-order valence-electron chi connectivity index (χ3n) is 4.94. The van der Waals surface area contributed by atoms with E-state index in [2.05, 4.69) is 25.7 Å². The molecule has 1 saturated carbocycles. The van der Waals surface area contributed by atoms with Crippen molar-refractivity contribution in [1.82, 2.24) is 4.90 Å². The Kier molecular flexibility index (Phi) is 5.12. The molecule has 0 spiro atoms. The Balaban J connectivity index is 1.76. The molecule has 0 aromatic heterocycles. The van der Waals surface area contributed by atoms with Crippen molar-refractivity contribution >= 4 is 0 Å². The molecule has 2 rings (SSSR count). The van der Waals surface area contributed by atoms with Crippen LogP contribution in [0.5, 0.6) is 0 Å². The molecule has 1 heteroatoms. The summed E-state index contributed by atoms with van der Waals surface area (Å²) in [6.07, 6.45) is 13.2. The standard InChI is InChI=1S/C17H33N/c1-17(2,3)12-11-16-10-7-13-18(16)14-15-8-5-4-6-9-15/h15-16H,4-14H2,1-3H3. The Morgan fingerprint density at radius 3 is 2.33 bits per heavy atom. The van der Waals surface area contributed by atoms with Crippen molar-refractivity contribution in [1.29, 1.82) is 0 Å². The predicted octanol–water partition coefficient (Wildman–Crippen LogP) is 4.86. The van der Waals surface area contributed by atoms with E-state index in [0.29, 0.717) is 5.41 Å². The maximum atomic E-state index is 2.84. The van der Waals surface area contributed by atoms with Crippen LogP contribution in [0.1, 0.15) is 78.6 Å². The summed E-state index contributed by atoms with van der Waals surface area (Å²) in [5, 5.41) is 0. The summed E-state index contributed by atoms with van der Waals surface area (Å²) in [6, 6.07) is 0.908. The zero-order valence-corrected chi connectivity index (χ0v) is 12.9. The molecule has 0 N–H and O–H groups in total. The molecule has 0 radical (unpaired) electrons. The van der Waals surface area contributed by atoms with E-state index < -0.39 is 0 Å². The average molecular weight is 251 g/mol. The van der Waals surface area contributed by atoms with Gasteiger partial charge in [-0.15, -0.1) is 0 Å². The van der Waals surface area contributed by atoms with Crippen LogP contribution in [0.15, 0.2) is 0 Å². The van der Waals surface area contributed by atoms with Crippen LogP contribution in [0.2, 0.25) is 0 Å². The van der Waals surface area contributed by atoms with Crippen LogP contribution in [0.25, 0.3) is 0 Å². The highest BCUT2D eigenvalue weighted by molar-refractivity contribution is 4.83. The molecule has 0 amide bonds. The normalized spacial score (nSPS) is 27.8. The van der Waals surface area contributed by atoms with Gasteiger partial charge in [0.2, 0.25) is 0 Å². The van der Waals surface area contributed by atoms with E-state index >= 15 is 0 Å². The van der Waals surface area contributed by atoms with E-state index in [1.54, 1.807) is 0 Å². The fraction of sp³-hybridized carbons (Fsp3) is 1.00. The molecule has 1 saturated heterocycles. The van der Waals surface area contributed by atoms with E-state index in [-0.39, 0.29) is 0 Å². The molecule has 1 aliphatic heterocycles. The lowest BCUT2D eigenvalue weighted by atomic mass is 9.87. The van der Waals surface area contributed by atoms with Crippen molar-refractivity contribution < 1.29 is 0 Å². The maximum absolute atomic E-state index is 2.84. The topological polar surface area (TPSA) is 3.24 Å². The minimum Gasteiger partial charge on any atom is -0.300 e. The van der Waals surface area contributed by atoms with Crippen LogP contribution < -0.4 is 0 Å². The first-order valence-corrected chi connectivity index (χ1v) is 8.29. The average Bonchev–Trinajstić information content (AvgIpc) is 2.74. The first-order valence-electron chi connectivity index (χ1n) is 8.29. The van der Waals surface area contributed by atoms with Crippen LogP contribution in [0.4, 0.5) is 0 Å². The van der Waals surface area contributed by atoms with Gasteiger partial charge in [0.15, 0.2) is 0 Å². The minimum absolute atomic E-state index is 0.513. The van der Waals surface area contributed by atoms with Crippen LogP contribution in [0, 0.1) is 11.3 Å². The highest BCUT2D eigenvalue weighted by Crippen LogP contribution is 2.31. The fourth-order valence-electron chi connectivity index (χ4n) is 3.76. The highest BCUT2D eigenvalue weighted by atomic mass is 15.2. The van der Waals surface area contributed by atoms with Gasteiger partial charge >= 0.3 is 0 Å². The third-order valence-corrected chi connectivity index (χ3v) is 4.94. The Morgan fingerprint density at radius 2 is 1.67 bits per heavy atom. The first-order chi connectivity index (χ1) is 8.54. The number of rotatable bonds is 4. The Morgan fingerprint density at radius 1 is 0.944 bits per heavy atom. The minimum atomic E-state index is 0.513. The second-order valence-corrected chi connectivity index (χ2v) is 7.89. The van der Waals surface area contributed by atoms with Crippen molar-refractivity contribution in [2.24, 2.45) is 11.3 Å². The number of nitrogens with zero attached hydrogens (tertiary/aromatic N) is 1. The van der Waals surface area contributed by atoms with Crippen molar-refractivity contribution in [3.8, 4) is 0 Å². The summed E-state index contributed by atoms with van der Waals surface area (Å²) in [5.41, 5.74) is 0.513. The van der Waals surface area contributed by atoms with E-state index in [0.717, 1.165) is 12.0 Å².